The highest BCUT2D eigenvalue weighted by Gasteiger charge is 2.57. The van der Waals surface area contributed by atoms with E-state index in [0.29, 0.717) is 17.9 Å². The number of aliphatic hydroxyl groups excluding tert-OH is 2. The SMILES string of the molecule is N#C[C@@]1(c2ccc3c(N)ncnn23)OC(COC(=O)CC2CC2)[C@@H](O)[C@H]1O. The topological polar surface area (TPSA) is 156 Å². The van der Waals surface area contributed by atoms with Crippen molar-refractivity contribution < 1.29 is 24.5 Å². The lowest BCUT2D eigenvalue weighted by Crippen LogP contribution is -2.41. The fourth-order valence-corrected chi connectivity index (χ4v) is 3.34. The minimum atomic E-state index is -1.89. The summed E-state index contributed by atoms with van der Waals surface area (Å²) in [6.07, 6.45) is -0.458. The number of esters is 1. The average Bonchev–Trinajstić information content (AvgIpc) is 3.30. The minimum absolute atomic E-state index is 0.197. The van der Waals surface area contributed by atoms with Gasteiger partial charge in [0.15, 0.2) is 5.82 Å². The van der Waals surface area contributed by atoms with Gasteiger partial charge in [-0.25, -0.2) is 9.50 Å². The van der Waals surface area contributed by atoms with Crippen LogP contribution in [0.25, 0.3) is 5.52 Å². The second-order valence-electron chi connectivity index (χ2n) is 6.93. The Hall–Kier alpha value is -2.74. The first kappa shape index (κ1) is 17.7. The van der Waals surface area contributed by atoms with Crippen molar-refractivity contribution in [3.05, 3.63) is 24.2 Å². The van der Waals surface area contributed by atoms with E-state index >= 15 is 0 Å². The normalized spacial score (nSPS) is 30.3. The molecule has 0 amide bonds. The monoisotopic (exact) mass is 373 g/mol. The Morgan fingerprint density at radius 2 is 2.26 bits per heavy atom. The predicted molar refractivity (Wildman–Crippen MR) is 89.9 cm³/mol. The fourth-order valence-electron chi connectivity index (χ4n) is 3.34. The Balaban J connectivity index is 1.59. The van der Waals surface area contributed by atoms with Crippen LogP contribution in [-0.2, 0) is 19.9 Å². The first-order chi connectivity index (χ1) is 13.0. The number of aliphatic hydroxyl groups is 2. The zero-order valence-corrected chi connectivity index (χ0v) is 14.4. The van der Waals surface area contributed by atoms with E-state index in [4.69, 9.17) is 15.2 Å². The predicted octanol–water partition coefficient (Wildman–Crippen LogP) is -0.506. The van der Waals surface area contributed by atoms with Crippen LogP contribution in [0.15, 0.2) is 18.5 Å². The molecule has 10 heteroatoms. The zero-order chi connectivity index (χ0) is 19.2. The molecular weight excluding hydrogens is 354 g/mol. The first-order valence-electron chi connectivity index (χ1n) is 8.66. The second kappa shape index (κ2) is 6.45. The van der Waals surface area contributed by atoms with Crippen LogP contribution in [0, 0.1) is 17.2 Å². The van der Waals surface area contributed by atoms with E-state index in [1.54, 1.807) is 6.07 Å². The van der Waals surface area contributed by atoms with Gasteiger partial charge in [0.2, 0.25) is 5.60 Å². The maximum Gasteiger partial charge on any atom is 0.306 e. The molecular formula is C17H19N5O5. The van der Waals surface area contributed by atoms with Crippen LogP contribution in [0.5, 0.6) is 0 Å². The Morgan fingerprint density at radius 3 is 2.96 bits per heavy atom. The Morgan fingerprint density at radius 1 is 1.48 bits per heavy atom. The summed E-state index contributed by atoms with van der Waals surface area (Å²) in [6.45, 7) is -0.256. The Kier molecular flexibility index (Phi) is 4.22. The van der Waals surface area contributed by atoms with Crippen molar-refractivity contribution in [1.29, 1.82) is 5.26 Å². The molecule has 0 bridgehead atoms. The molecule has 0 radical (unpaired) electrons. The summed E-state index contributed by atoms with van der Waals surface area (Å²) in [4.78, 5) is 15.7. The largest absolute Gasteiger partial charge is 0.463 e. The third-order valence-corrected chi connectivity index (χ3v) is 5.05. The Labute approximate surface area is 154 Å². The number of carbonyl (C=O) groups excluding carboxylic acids is 1. The van der Waals surface area contributed by atoms with E-state index in [1.165, 1.54) is 16.9 Å². The van der Waals surface area contributed by atoms with Gasteiger partial charge in [-0.15, -0.1) is 0 Å². The zero-order valence-electron chi connectivity index (χ0n) is 14.4. The minimum Gasteiger partial charge on any atom is -0.463 e. The van der Waals surface area contributed by atoms with Crippen molar-refractivity contribution in [3.8, 4) is 6.07 Å². The number of nitrogens with zero attached hydrogens (tertiary/aromatic N) is 4. The number of rotatable bonds is 5. The number of ether oxygens (including phenoxy) is 2. The molecule has 4 rings (SSSR count). The van der Waals surface area contributed by atoms with Crippen LogP contribution in [-0.4, -0.2) is 55.7 Å². The number of fused-ring (bicyclic) bond motifs is 1. The summed E-state index contributed by atoms with van der Waals surface area (Å²) >= 11 is 0. The molecule has 2 aromatic rings. The molecule has 1 saturated carbocycles. The summed E-state index contributed by atoms with van der Waals surface area (Å²) in [5.41, 5.74) is 4.55. The maximum absolute atomic E-state index is 11.8. The van der Waals surface area contributed by atoms with Gasteiger partial charge in [-0.05, 0) is 30.9 Å². The molecule has 2 aromatic heterocycles. The molecule has 1 saturated heterocycles. The van der Waals surface area contributed by atoms with Gasteiger partial charge in [0.05, 0.1) is 5.69 Å². The van der Waals surface area contributed by atoms with Crippen molar-refractivity contribution in [2.45, 2.75) is 43.2 Å². The van der Waals surface area contributed by atoms with Gasteiger partial charge < -0.3 is 25.4 Å². The van der Waals surface area contributed by atoms with E-state index in [9.17, 15) is 20.3 Å². The van der Waals surface area contributed by atoms with Crippen molar-refractivity contribution in [1.82, 2.24) is 14.6 Å². The van der Waals surface area contributed by atoms with Crippen LogP contribution in [0.4, 0.5) is 5.82 Å². The van der Waals surface area contributed by atoms with Crippen molar-refractivity contribution in [3.63, 3.8) is 0 Å². The molecule has 0 aromatic carbocycles. The number of anilines is 1. The van der Waals surface area contributed by atoms with Crippen molar-refractivity contribution >= 4 is 17.3 Å². The molecule has 1 aliphatic heterocycles. The number of nitrogen functional groups attached to an aromatic ring is 1. The van der Waals surface area contributed by atoms with Crippen LogP contribution >= 0.6 is 0 Å². The van der Waals surface area contributed by atoms with Crippen LogP contribution < -0.4 is 5.73 Å². The first-order valence-corrected chi connectivity index (χ1v) is 8.66. The van der Waals surface area contributed by atoms with Gasteiger partial charge >= 0.3 is 5.97 Å². The van der Waals surface area contributed by atoms with E-state index in [0.717, 1.165) is 12.8 Å². The highest BCUT2D eigenvalue weighted by atomic mass is 16.6. The third-order valence-electron chi connectivity index (χ3n) is 5.05. The van der Waals surface area contributed by atoms with Crippen LogP contribution in [0.2, 0.25) is 0 Å². The molecule has 4 N–H and O–H groups in total. The molecule has 10 nitrogen and oxygen atoms in total. The number of nitrogens with two attached hydrogens (primary N) is 1. The molecule has 142 valence electrons. The molecule has 2 fully saturated rings. The van der Waals surface area contributed by atoms with Gasteiger partial charge in [0, 0.05) is 6.42 Å². The van der Waals surface area contributed by atoms with Gasteiger partial charge in [-0.2, -0.15) is 10.4 Å². The summed E-state index contributed by atoms with van der Waals surface area (Å²) in [7, 11) is 0. The van der Waals surface area contributed by atoms with E-state index in [1.807, 2.05) is 6.07 Å². The van der Waals surface area contributed by atoms with Crippen molar-refractivity contribution in [2.24, 2.45) is 5.92 Å². The molecule has 3 heterocycles. The second-order valence-corrected chi connectivity index (χ2v) is 6.93. The lowest BCUT2D eigenvalue weighted by Gasteiger charge is -2.24. The van der Waals surface area contributed by atoms with Gasteiger partial charge in [0.1, 0.15) is 42.8 Å². The number of carbonyl (C=O) groups is 1. The fraction of sp³-hybridized carbons (Fsp3) is 0.529. The number of hydrogen-bond acceptors (Lipinski definition) is 9. The summed E-state index contributed by atoms with van der Waals surface area (Å²) in [5, 5.41) is 34.8. The standard InChI is InChI=1S/C17H19N5O5/c18-7-17(12-4-3-10-16(19)20-8-21-22(10)12)15(25)14(24)11(27-17)6-26-13(23)5-9-1-2-9/h3-4,8-9,11,14-15,24-25H,1-2,5-6H2,(H2,19,20,21)/t11?,14-,15-,17+/m1/s1. The lowest BCUT2D eigenvalue weighted by molar-refractivity contribution is -0.151. The molecule has 2 aliphatic rings. The highest BCUT2D eigenvalue weighted by molar-refractivity contribution is 5.70. The molecule has 27 heavy (non-hydrogen) atoms. The number of aromatic nitrogens is 3. The van der Waals surface area contributed by atoms with Gasteiger partial charge in [-0.3, -0.25) is 4.79 Å². The van der Waals surface area contributed by atoms with Gasteiger partial charge in [0.25, 0.3) is 0 Å². The summed E-state index contributed by atoms with van der Waals surface area (Å²) in [5.74, 6) is 0.182. The maximum atomic E-state index is 11.8. The van der Waals surface area contributed by atoms with E-state index in [2.05, 4.69) is 10.1 Å². The summed E-state index contributed by atoms with van der Waals surface area (Å²) < 4.78 is 12.2. The number of hydrogen-bond donors (Lipinski definition) is 3. The van der Waals surface area contributed by atoms with E-state index < -0.39 is 23.9 Å². The van der Waals surface area contributed by atoms with Gasteiger partial charge in [-0.1, -0.05) is 0 Å². The quantitative estimate of drug-likeness (QED) is 0.588. The molecule has 0 spiro atoms. The van der Waals surface area contributed by atoms with Crippen molar-refractivity contribution in [2.75, 3.05) is 12.3 Å². The number of nitriles is 1. The molecule has 1 aliphatic carbocycles. The highest BCUT2D eigenvalue weighted by Crippen LogP contribution is 2.40. The smallest absolute Gasteiger partial charge is 0.306 e. The van der Waals surface area contributed by atoms with Crippen LogP contribution in [0.1, 0.15) is 25.0 Å². The third kappa shape index (κ3) is 2.90. The Bertz CT molecular complexity index is 920. The summed E-state index contributed by atoms with van der Waals surface area (Å²) in [6, 6.07) is 5.06. The van der Waals surface area contributed by atoms with Crippen LogP contribution in [0.3, 0.4) is 0 Å². The lowest BCUT2D eigenvalue weighted by atomic mass is 9.92. The molecule has 1 unspecified atom stereocenters. The van der Waals surface area contributed by atoms with E-state index in [-0.39, 0.29) is 24.1 Å². The molecule has 4 atom stereocenters. The average molecular weight is 373 g/mol.